The Bertz CT molecular complexity index is 652. The van der Waals surface area contributed by atoms with Gasteiger partial charge < -0.3 is 0 Å². The topological polar surface area (TPSA) is 17.1 Å². The third-order valence-corrected chi connectivity index (χ3v) is 4.38. The Hall–Kier alpha value is -2.15. The minimum absolute atomic E-state index is 0.287. The second-order valence-electron chi connectivity index (χ2n) is 5.54. The van der Waals surface area contributed by atoms with E-state index in [0.29, 0.717) is 6.42 Å². The van der Waals surface area contributed by atoms with Gasteiger partial charge in [0, 0.05) is 6.42 Å². The van der Waals surface area contributed by atoms with Crippen molar-refractivity contribution >= 4 is 11.4 Å². The van der Waals surface area contributed by atoms with Gasteiger partial charge in [0.05, 0.1) is 5.41 Å². The van der Waals surface area contributed by atoms with Crippen LogP contribution in [0.1, 0.15) is 29.5 Å². The van der Waals surface area contributed by atoms with Gasteiger partial charge in [0.1, 0.15) is 5.78 Å². The molecule has 1 saturated carbocycles. The fraction of sp³-hybridized carbons (Fsp3) is 0.211. The molecular formula is C19H18O. The van der Waals surface area contributed by atoms with E-state index >= 15 is 0 Å². The van der Waals surface area contributed by atoms with Crippen LogP contribution in [0, 0.1) is 6.92 Å². The summed E-state index contributed by atoms with van der Waals surface area (Å²) in [5.74, 6) is 0.287. The summed E-state index contributed by atoms with van der Waals surface area (Å²) in [6.45, 7) is 6.31. The van der Waals surface area contributed by atoms with E-state index < -0.39 is 5.41 Å². The van der Waals surface area contributed by atoms with Crippen LogP contribution < -0.4 is 0 Å². The lowest BCUT2D eigenvalue weighted by Gasteiger charge is -2.42. The van der Waals surface area contributed by atoms with Gasteiger partial charge in [0.2, 0.25) is 0 Å². The summed E-state index contributed by atoms with van der Waals surface area (Å²) in [7, 11) is 0. The lowest BCUT2D eigenvalue weighted by Crippen LogP contribution is -2.45. The smallest absolute Gasteiger partial charge is 0.147 e. The van der Waals surface area contributed by atoms with E-state index in [1.807, 2.05) is 30.3 Å². The van der Waals surface area contributed by atoms with Crippen LogP contribution in [0.5, 0.6) is 0 Å². The van der Waals surface area contributed by atoms with Gasteiger partial charge in [-0.15, -0.1) is 0 Å². The molecule has 2 aromatic carbocycles. The number of benzene rings is 2. The van der Waals surface area contributed by atoms with Crippen molar-refractivity contribution in [1.29, 1.82) is 0 Å². The van der Waals surface area contributed by atoms with Crippen molar-refractivity contribution in [2.45, 2.75) is 25.2 Å². The lowest BCUT2D eigenvalue weighted by atomic mass is 9.58. The van der Waals surface area contributed by atoms with Crippen LogP contribution in [0.2, 0.25) is 0 Å². The van der Waals surface area contributed by atoms with Gasteiger partial charge in [-0.2, -0.15) is 0 Å². The predicted octanol–water partition coefficient (Wildman–Crippen LogP) is 4.31. The SMILES string of the molecule is C=C(c1ccccc1)C1(c2ccc(C)cc2)CCC1=O. The van der Waals surface area contributed by atoms with Crippen molar-refractivity contribution in [2.24, 2.45) is 0 Å². The first-order valence-corrected chi connectivity index (χ1v) is 7.00. The number of ketones is 1. The van der Waals surface area contributed by atoms with Crippen LogP contribution in [0.15, 0.2) is 61.2 Å². The Kier molecular flexibility index (Phi) is 3.06. The van der Waals surface area contributed by atoms with Gasteiger partial charge in [0.25, 0.3) is 0 Å². The molecule has 0 spiro atoms. The molecule has 0 amide bonds. The van der Waals surface area contributed by atoms with E-state index in [-0.39, 0.29) is 5.78 Å². The molecule has 0 bridgehead atoms. The van der Waals surface area contributed by atoms with Crippen LogP contribution in [0.3, 0.4) is 0 Å². The molecule has 1 heteroatoms. The van der Waals surface area contributed by atoms with E-state index in [2.05, 4.69) is 37.8 Å². The van der Waals surface area contributed by atoms with Crippen LogP contribution in [0.4, 0.5) is 0 Å². The number of allylic oxidation sites excluding steroid dienone is 1. The number of carbonyl (C=O) groups excluding carboxylic acids is 1. The average molecular weight is 262 g/mol. The zero-order chi connectivity index (χ0) is 14.2. The summed E-state index contributed by atoms with van der Waals surface area (Å²) in [6, 6.07) is 18.3. The molecule has 1 aliphatic carbocycles. The minimum atomic E-state index is -0.505. The zero-order valence-electron chi connectivity index (χ0n) is 11.7. The third kappa shape index (κ3) is 1.82. The summed E-state index contributed by atoms with van der Waals surface area (Å²) >= 11 is 0. The molecule has 1 nitrogen and oxygen atoms in total. The van der Waals surface area contributed by atoms with Crippen molar-refractivity contribution in [3.05, 3.63) is 77.9 Å². The highest BCUT2D eigenvalue weighted by Gasteiger charge is 2.49. The first-order valence-electron chi connectivity index (χ1n) is 7.00. The largest absolute Gasteiger partial charge is 0.298 e. The van der Waals surface area contributed by atoms with Gasteiger partial charge in [-0.25, -0.2) is 0 Å². The first-order chi connectivity index (χ1) is 9.64. The fourth-order valence-corrected chi connectivity index (χ4v) is 3.00. The molecule has 0 heterocycles. The summed E-state index contributed by atoms with van der Waals surface area (Å²) in [5, 5.41) is 0. The molecule has 20 heavy (non-hydrogen) atoms. The van der Waals surface area contributed by atoms with Gasteiger partial charge in [0.15, 0.2) is 0 Å². The Labute approximate surface area is 120 Å². The number of aryl methyl sites for hydroxylation is 1. The molecule has 0 saturated heterocycles. The maximum atomic E-state index is 12.4. The average Bonchev–Trinajstić information content (AvgIpc) is 2.49. The Balaban J connectivity index is 2.07. The molecule has 0 aromatic heterocycles. The molecule has 0 aliphatic heterocycles. The zero-order valence-corrected chi connectivity index (χ0v) is 11.7. The van der Waals surface area contributed by atoms with Gasteiger partial charge in [-0.3, -0.25) is 4.79 Å². The van der Waals surface area contributed by atoms with Crippen LogP contribution >= 0.6 is 0 Å². The van der Waals surface area contributed by atoms with Crippen molar-refractivity contribution in [1.82, 2.24) is 0 Å². The maximum absolute atomic E-state index is 12.4. The molecule has 3 rings (SSSR count). The highest BCUT2D eigenvalue weighted by Crippen LogP contribution is 2.49. The predicted molar refractivity (Wildman–Crippen MR) is 82.6 cm³/mol. The summed E-state index contributed by atoms with van der Waals surface area (Å²) in [5.41, 5.74) is 3.77. The van der Waals surface area contributed by atoms with Gasteiger partial charge in [-0.1, -0.05) is 66.7 Å². The highest BCUT2D eigenvalue weighted by molar-refractivity contribution is 6.07. The maximum Gasteiger partial charge on any atom is 0.147 e. The second kappa shape index (κ2) is 4.75. The van der Waals surface area contributed by atoms with Crippen molar-refractivity contribution < 1.29 is 4.79 Å². The molecule has 0 N–H and O–H groups in total. The van der Waals surface area contributed by atoms with Crippen molar-refractivity contribution in [3.8, 4) is 0 Å². The van der Waals surface area contributed by atoms with Gasteiger partial charge >= 0.3 is 0 Å². The molecular weight excluding hydrogens is 244 g/mol. The number of hydrogen-bond donors (Lipinski definition) is 0. The van der Waals surface area contributed by atoms with E-state index in [1.54, 1.807) is 0 Å². The number of rotatable bonds is 3. The summed E-state index contributed by atoms with van der Waals surface area (Å²) in [6.07, 6.45) is 1.52. The normalized spacial score (nSPS) is 21.4. The molecule has 2 aromatic rings. The highest BCUT2D eigenvalue weighted by atomic mass is 16.1. The number of carbonyl (C=O) groups is 1. The molecule has 1 unspecified atom stereocenters. The van der Waals surface area contributed by atoms with Crippen molar-refractivity contribution in [2.75, 3.05) is 0 Å². The Morgan fingerprint density at radius 3 is 2.20 bits per heavy atom. The van der Waals surface area contributed by atoms with E-state index in [1.165, 1.54) is 5.56 Å². The van der Waals surface area contributed by atoms with Gasteiger partial charge in [-0.05, 0) is 30.0 Å². The number of hydrogen-bond acceptors (Lipinski definition) is 1. The van der Waals surface area contributed by atoms with E-state index in [9.17, 15) is 4.79 Å². The Morgan fingerprint density at radius 2 is 1.70 bits per heavy atom. The van der Waals surface area contributed by atoms with Crippen LogP contribution in [0.25, 0.3) is 5.57 Å². The molecule has 100 valence electrons. The van der Waals surface area contributed by atoms with Crippen LogP contribution in [-0.2, 0) is 10.2 Å². The van der Waals surface area contributed by atoms with Crippen molar-refractivity contribution in [3.63, 3.8) is 0 Å². The minimum Gasteiger partial charge on any atom is -0.298 e. The third-order valence-electron chi connectivity index (χ3n) is 4.38. The second-order valence-corrected chi connectivity index (χ2v) is 5.54. The number of Topliss-reactive ketones (excluding diaryl/α,β-unsaturated/α-hetero) is 1. The first kappa shape index (κ1) is 12.9. The Morgan fingerprint density at radius 1 is 1.05 bits per heavy atom. The summed E-state index contributed by atoms with van der Waals surface area (Å²) < 4.78 is 0. The van der Waals surface area contributed by atoms with Crippen LogP contribution in [-0.4, -0.2) is 5.78 Å². The molecule has 1 fully saturated rings. The fourth-order valence-electron chi connectivity index (χ4n) is 3.00. The monoisotopic (exact) mass is 262 g/mol. The molecule has 1 aliphatic rings. The molecule has 1 atom stereocenters. The lowest BCUT2D eigenvalue weighted by molar-refractivity contribution is -0.128. The molecule has 0 radical (unpaired) electrons. The standard InChI is InChI=1S/C19H18O/c1-14-8-10-17(11-9-14)19(13-12-18(19)20)15(2)16-6-4-3-5-7-16/h3-11H,2,12-13H2,1H3. The van der Waals surface area contributed by atoms with E-state index in [0.717, 1.165) is 23.1 Å². The van der Waals surface area contributed by atoms with E-state index in [4.69, 9.17) is 0 Å². The summed E-state index contributed by atoms with van der Waals surface area (Å²) in [4.78, 5) is 12.4. The quantitative estimate of drug-likeness (QED) is 0.805.